The van der Waals surface area contributed by atoms with Crippen molar-refractivity contribution in [2.24, 2.45) is 0 Å². The zero-order valence-corrected chi connectivity index (χ0v) is 20.3. The molecule has 0 bridgehead atoms. The summed E-state index contributed by atoms with van der Waals surface area (Å²) in [6, 6.07) is 2.63. The Kier molecular flexibility index (Phi) is 7.10. The molecule has 0 N–H and O–H groups in total. The van der Waals surface area contributed by atoms with Crippen molar-refractivity contribution in [1.82, 2.24) is 9.80 Å². The lowest BCUT2D eigenvalue weighted by Crippen LogP contribution is -2.83. The predicted molar refractivity (Wildman–Crippen MR) is 117 cm³/mol. The van der Waals surface area contributed by atoms with Gasteiger partial charge < -0.3 is 0 Å². The Morgan fingerprint density at radius 1 is 0.889 bits per heavy atom. The van der Waals surface area contributed by atoms with Crippen LogP contribution in [0, 0.1) is 0 Å². The van der Waals surface area contributed by atoms with Gasteiger partial charge in [0.1, 0.15) is 12.6 Å². The average Bonchev–Trinajstić information content (AvgIpc) is 3.12. The molecule has 2 fully saturated rings. The molecule has 2 aliphatic rings. The summed E-state index contributed by atoms with van der Waals surface area (Å²) in [5.41, 5.74) is 0. The number of hydrogen-bond acceptors (Lipinski definition) is 2. The van der Waals surface area contributed by atoms with Gasteiger partial charge in [-0.3, -0.25) is 0 Å². The number of rotatable bonds is 8. The van der Waals surface area contributed by atoms with Crippen molar-refractivity contribution in [2.45, 2.75) is 111 Å². The van der Waals surface area contributed by atoms with Crippen LogP contribution in [0.1, 0.15) is 81.1 Å². The fraction of sp³-hybridized carbons (Fsp3) is 1.00. The average molecular weight is 383 g/mol. The first kappa shape index (κ1) is 23.1. The minimum absolute atomic E-state index is 0.0652. The smallest absolute Gasteiger partial charge is 0.244 e. The lowest BCUT2D eigenvalue weighted by Gasteiger charge is -2.58. The predicted octanol–water partition coefficient (Wildman–Crippen LogP) is 4.32. The van der Waals surface area contributed by atoms with Crippen LogP contribution in [0.2, 0.25) is 0 Å². The number of hydrogen-bond donors (Lipinski definition) is 0. The van der Waals surface area contributed by atoms with Gasteiger partial charge in [-0.15, -0.1) is 0 Å². The summed E-state index contributed by atoms with van der Waals surface area (Å²) in [5, 5.41) is 0. The molecule has 160 valence electrons. The lowest BCUT2D eigenvalue weighted by atomic mass is 10.1. The molecule has 0 aromatic rings. The topological polar surface area (TPSA) is 6.48 Å². The van der Waals surface area contributed by atoms with Gasteiger partial charge in [-0.25, -0.2) is 8.97 Å². The molecule has 0 aromatic carbocycles. The molecule has 0 radical (unpaired) electrons. The molecule has 2 rings (SSSR count). The molecule has 27 heavy (non-hydrogen) atoms. The standard InChI is InChI=1S/C23H50N4/c1-11-19(7)24-17-22(14-4)27(10,16-6)23(24)25(20(8)12-2)21(13-3)18-26(23,9)15-5/h19-22H,11-18H2,1-10H3/q+2/t19?,20?,21?,22?,23?,26-,27-/m1/s1. The van der Waals surface area contributed by atoms with Crippen molar-refractivity contribution < 1.29 is 8.97 Å². The normalized spacial score (nSPS) is 42.9. The summed E-state index contributed by atoms with van der Waals surface area (Å²) in [6.45, 7) is 24.4. The van der Waals surface area contributed by atoms with Crippen molar-refractivity contribution in [3.8, 4) is 0 Å². The van der Waals surface area contributed by atoms with Gasteiger partial charge in [-0.05, 0) is 53.4 Å². The van der Waals surface area contributed by atoms with Gasteiger partial charge in [0.05, 0.1) is 39.8 Å². The van der Waals surface area contributed by atoms with E-state index in [0.29, 0.717) is 18.1 Å². The summed E-state index contributed by atoms with van der Waals surface area (Å²) in [6.07, 6.45) is 5.00. The first-order valence-electron chi connectivity index (χ1n) is 11.9. The van der Waals surface area contributed by atoms with Crippen molar-refractivity contribution in [3.05, 3.63) is 0 Å². The highest BCUT2D eigenvalue weighted by Gasteiger charge is 2.79. The Balaban J connectivity index is 2.84. The van der Waals surface area contributed by atoms with Crippen LogP contribution in [0.25, 0.3) is 0 Å². The van der Waals surface area contributed by atoms with E-state index >= 15 is 0 Å². The van der Waals surface area contributed by atoms with Crippen LogP contribution in [0.4, 0.5) is 0 Å². The van der Waals surface area contributed by atoms with Crippen LogP contribution >= 0.6 is 0 Å². The van der Waals surface area contributed by atoms with E-state index in [1.54, 1.807) is 0 Å². The van der Waals surface area contributed by atoms with Crippen LogP contribution in [-0.4, -0.2) is 89.1 Å². The van der Waals surface area contributed by atoms with Gasteiger partial charge in [0, 0.05) is 12.1 Å². The third-order valence-corrected chi connectivity index (χ3v) is 8.85. The molecule has 0 aliphatic carbocycles. The third-order valence-electron chi connectivity index (χ3n) is 8.85. The highest BCUT2D eigenvalue weighted by molar-refractivity contribution is 4.97. The van der Waals surface area contributed by atoms with Crippen LogP contribution in [0.15, 0.2) is 0 Å². The molecule has 0 amide bonds. The van der Waals surface area contributed by atoms with E-state index < -0.39 is 0 Å². The molecule has 0 aromatic heterocycles. The highest BCUT2D eigenvalue weighted by Crippen LogP contribution is 2.53. The zero-order valence-electron chi connectivity index (χ0n) is 20.3. The van der Waals surface area contributed by atoms with E-state index in [-0.39, 0.29) is 5.91 Å². The maximum Gasteiger partial charge on any atom is 0.357 e. The maximum absolute atomic E-state index is 3.02. The molecule has 5 unspecified atom stereocenters. The molecule has 2 saturated heterocycles. The first-order valence-corrected chi connectivity index (χ1v) is 11.9. The molecule has 2 heterocycles. The highest BCUT2D eigenvalue weighted by atomic mass is 15.9. The Hall–Kier alpha value is -0.160. The quantitative estimate of drug-likeness (QED) is 0.577. The van der Waals surface area contributed by atoms with E-state index in [1.165, 1.54) is 60.8 Å². The van der Waals surface area contributed by atoms with Crippen molar-refractivity contribution in [2.75, 3.05) is 40.3 Å². The first-order chi connectivity index (χ1) is 12.7. The second-order valence-corrected chi connectivity index (χ2v) is 9.78. The van der Waals surface area contributed by atoms with E-state index in [9.17, 15) is 0 Å². The third kappa shape index (κ3) is 2.93. The van der Waals surface area contributed by atoms with E-state index in [2.05, 4.69) is 79.3 Å². The van der Waals surface area contributed by atoms with Gasteiger partial charge >= 0.3 is 5.91 Å². The fourth-order valence-electron chi connectivity index (χ4n) is 6.76. The Morgan fingerprint density at radius 3 is 1.89 bits per heavy atom. The lowest BCUT2D eigenvalue weighted by molar-refractivity contribution is -1.17. The maximum atomic E-state index is 3.02. The van der Waals surface area contributed by atoms with E-state index in [0.717, 1.165) is 6.04 Å². The largest absolute Gasteiger partial charge is 0.357 e. The summed E-state index contributed by atoms with van der Waals surface area (Å²) < 4.78 is 2.35. The van der Waals surface area contributed by atoms with Crippen molar-refractivity contribution >= 4 is 0 Å². The zero-order chi connectivity index (χ0) is 20.6. The van der Waals surface area contributed by atoms with Gasteiger partial charge in [0.15, 0.2) is 0 Å². The van der Waals surface area contributed by atoms with E-state index in [4.69, 9.17) is 0 Å². The number of likely N-dealkylation sites (N-methyl/N-ethyl adjacent to an activating group) is 2. The van der Waals surface area contributed by atoms with E-state index in [1.807, 2.05) is 0 Å². The Labute approximate surface area is 170 Å². The SMILES string of the molecule is CCC(C)N1CC(CC)[N@@+](C)(CC)C12N(C(C)CC)C(CC)C[N@@+]2(C)CC. The minimum Gasteiger partial charge on any atom is -0.244 e. The molecular formula is C23H50N4+2. The monoisotopic (exact) mass is 382 g/mol. The molecule has 4 heteroatoms. The second kappa shape index (κ2) is 8.30. The summed E-state index contributed by atoms with van der Waals surface area (Å²) >= 11 is 0. The van der Waals surface area contributed by atoms with Crippen LogP contribution < -0.4 is 0 Å². The van der Waals surface area contributed by atoms with Crippen LogP contribution in [-0.2, 0) is 0 Å². The molecular weight excluding hydrogens is 332 g/mol. The summed E-state index contributed by atoms with van der Waals surface area (Å²) in [7, 11) is 5.17. The number of quaternary nitrogens is 2. The molecule has 4 nitrogen and oxygen atoms in total. The fourth-order valence-corrected chi connectivity index (χ4v) is 6.76. The van der Waals surface area contributed by atoms with Crippen molar-refractivity contribution in [3.63, 3.8) is 0 Å². The van der Waals surface area contributed by atoms with Crippen LogP contribution in [0.3, 0.4) is 0 Å². The van der Waals surface area contributed by atoms with Gasteiger partial charge in [0.25, 0.3) is 0 Å². The molecule has 1 spiro atoms. The van der Waals surface area contributed by atoms with Gasteiger partial charge in [-0.2, -0.15) is 9.80 Å². The number of nitrogens with zero attached hydrogens (tertiary/aromatic N) is 4. The summed E-state index contributed by atoms with van der Waals surface area (Å²) in [5.74, 6) is 0.0652. The van der Waals surface area contributed by atoms with Crippen LogP contribution in [0.5, 0.6) is 0 Å². The van der Waals surface area contributed by atoms with Gasteiger partial charge in [0.2, 0.25) is 0 Å². The summed E-state index contributed by atoms with van der Waals surface area (Å²) in [4.78, 5) is 5.98. The molecule has 0 saturated carbocycles. The van der Waals surface area contributed by atoms with Gasteiger partial charge in [-0.1, -0.05) is 27.7 Å². The molecule has 2 aliphatic heterocycles. The Bertz CT molecular complexity index is 497. The van der Waals surface area contributed by atoms with Crippen molar-refractivity contribution in [1.29, 1.82) is 0 Å². The second-order valence-electron chi connectivity index (χ2n) is 9.78. The minimum atomic E-state index is 0.0652. The Morgan fingerprint density at radius 2 is 1.48 bits per heavy atom. The molecule has 7 atom stereocenters.